The summed E-state index contributed by atoms with van der Waals surface area (Å²) in [7, 11) is 0. The molecule has 114 valence electrons. The Kier molecular flexibility index (Phi) is 3.17. The van der Waals surface area contributed by atoms with Crippen molar-refractivity contribution in [3.05, 3.63) is 30.1 Å². The number of hydrogen-bond acceptors (Lipinski definition) is 5. The van der Waals surface area contributed by atoms with Crippen LogP contribution < -0.4 is 14.4 Å². The molecular weight excluding hydrogens is 284 g/mol. The van der Waals surface area contributed by atoms with Crippen LogP contribution in [0.25, 0.3) is 0 Å². The van der Waals surface area contributed by atoms with E-state index in [4.69, 9.17) is 9.47 Å². The number of aryl methyl sites for hydroxylation is 1. The van der Waals surface area contributed by atoms with Gasteiger partial charge in [0, 0.05) is 13.1 Å². The van der Waals surface area contributed by atoms with E-state index in [-0.39, 0.29) is 5.91 Å². The molecule has 0 unspecified atom stereocenters. The van der Waals surface area contributed by atoms with Crippen molar-refractivity contribution in [1.29, 1.82) is 0 Å². The lowest BCUT2D eigenvalue weighted by Crippen LogP contribution is -2.39. The molecule has 1 aromatic heterocycles. The quantitative estimate of drug-likeness (QED) is 0.828. The van der Waals surface area contributed by atoms with Gasteiger partial charge in [-0.2, -0.15) is 10.1 Å². The van der Waals surface area contributed by atoms with E-state index in [1.54, 1.807) is 9.58 Å². The third-order valence-electron chi connectivity index (χ3n) is 3.85. The number of fused-ring (bicyclic) bond motifs is 2. The van der Waals surface area contributed by atoms with Gasteiger partial charge in [-0.15, -0.1) is 0 Å². The van der Waals surface area contributed by atoms with Crippen molar-refractivity contribution in [2.75, 3.05) is 24.7 Å². The van der Waals surface area contributed by atoms with Crippen LogP contribution in [0.5, 0.6) is 11.5 Å². The zero-order valence-corrected chi connectivity index (χ0v) is 12.1. The van der Waals surface area contributed by atoms with E-state index in [2.05, 4.69) is 10.1 Å². The van der Waals surface area contributed by atoms with E-state index in [9.17, 15) is 4.79 Å². The van der Waals surface area contributed by atoms with Gasteiger partial charge in [0.05, 0.1) is 6.42 Å². The molecule has 1 amide bonds. The Balaban J connectivity index is 1.53. The molecule has 22 heavy (non-hydrogen) atoms. The van der Waals surface area contributed by atoms with Crippen LogP contribution in [0, 0.1) is 0 Å². The summed E-state index contributed by atoms with van der Waals surface area (Å²) in [6, 6.07) is 5.64. The van der Waals surface area contributed by atoms with Gasteiger partial charge in [-0.05, 0) is 24.1 Å². The fourth-order valence-electron chi connectivity index (χ4n) is 2.81. The maximum Gasteiger partial charge on any atom is 0.233 e. The van der Waals surface area contributed by atoms with Crippen LogP contribution in [0.4, 0.5) is 5.95 Å². The molecular formula is C15H16N4O3. The Bertz CT molecular complexity index is 713. The van der Waals surface area contributed by atoms with Crippen molar-refractivity contribution in [1.82, 2.24) is 14.8 Å². The lowest BCUT2D eigenvalue weighted by Gasteiger charge is -2.26. The van der Waals surface area contributed by atoms with Crippen LogP contribution in [0.2, 0.25) is 0 Å². The van der Waals surface area contributed by atoms with E-state index < -0.39 is 0 Å². The Morgan fingerprint density at radius 1 is 1.18 bits per heavy atom. The highest BCUT2D eigenvalue weighted by Crippen LogP contribution is 2.31. The third-order valence-corrected chi connectivity index (χ3v) is 3.85. The van der Waals surface area contributed by atoms with Gasteiger partial charge < -0.3 is 9.47 Å². The van der Waals surface area contributed by atoms with Crippen molar-refractivity contribution < 1.29 is 14.3 Å². The van der Waals surface area contributed by atoms with E-state index in [0.29, 0.717) is 37.9 Å². The number of carbonyl (C=O) groups excluding carboxylic acids is 1. The summed E-state index contributed by atoms with van der Waals surface area (Å²) in [5.41, 5.74) is 0.908. The summed E-state index contributed by atoms with van der Waals surface area (Å²) in [6.45, 7) is 2.60. The fourth-order valence-corrected chi connectivity index (χ4v) is 2.81. The van der Waals surface area contributed by atoms with Crippen LogP contribution in [-0.2, 0) is 17.8 Å². The molecule has 2 aromatic rings. The van der Waals surface area contributed by atoms with Crippen LogP contribution in [0.3, 0.4) is 0 Å². The highest BCUT2D eigenvalue weighted by Gasteiger charge is 2.25. The molecule has 0 aliphatic carbocycles. The molecule has 0 saturated heterocycles. The molecule has 7 heteroatoms. The largest absolute Gasteiger partial charge is 0.486 e. The van der Waals surface area contributed by atoms with Crippen molar-refractivity contribution in [2.24, 2.45) is 0 Å². The van der Waals surface area contributed by atoms with Gasteiger partial charge in [0.1, 0.15) is 19.5 Å². The number of hydrogen-bond donors (Lipinski definition) is 0. The smallest absolute Gasteiger partial charge is 0.233 e. The fraction of sp³-hybridized carbons (Fsp3) is 0.400. The van der Waals surface area contributed by atoms with Gasteiger partial charge in [0.25, 0.3) is 0 Å². The maximum absolute atomic E-state index is 12.6. The standard InChI is InChI=1S/C15H16N4O3/c20-14(18-4-1-5-19-15(18)16-10-17-19)9-11-2-3-12-13(8-11)22-7-6-21-12/h2-3,8,10H,1,4-7,9H2. The normalized spacial score (nSPS) is 16.3. The topological polar surface area (TPSA) is 69.5 Å². The first kappa shape index (κ1) is 13.1. The van der Waals surface area contributed by atoms with Gasteiger partial charge in [0.2, 0.25) is 11.9 Å². The Hall–Kier alpha value is -2.57. The van der Waals surface area contributed by atoms with E-state index in [0.717, 1.165) is 24.3 Å². The lowest BCUT2D eigenvalue weighted by atomic mass is 10.1. The summed E-state index contributed by atoms with van der Waals surface area (Å²) in [4.78, 5) is 18.5. The number of rotatable bonds is 2. The predicted octanol–water partition coefficient (Wildman–Crippen LogP) is 1.03. The summed E-state index contributed by atoms with van der Waals surface area (Å²) in [5, 5.41) is 4.13. The molecule has 1 aromatic carbocycles. The molecule has 7 nitrogen and oxygen atoms in total. The van der Waals surface area contributed by atoms with E-state index >= 15 is 0 Å². The number of anilines is 1. The average molecular weight is 300 g/mol. The zero-order valence-electron chi connectivity index (χ0n) is 12.1. The molecule has 2 aliphatic heterocycles. The third kappa shape index (κ3) is 2.28. The van der Waals surface area contributed by atoms with Crippen molar-refractivity contribution >= 4 is 11.9 Å². The number of amides is 1. The molecule has 4 rings (SSSR count). The molecule has 2 aliphatic rings. The Morgan fingerprint density at radius 2 is 2.05 bits per heavy atom. The minimum Gasteiger partial charge on any atom is -0.486 e. The molecule has 0 atom stereocenters. The number of aromatic nitrogens is 3. The monoisotopic (exact) mass is 300 g/mol. The second-order valence-corrected chi connectivity index (χ2v) is 5.34. The van der Waals surface area contributed by atoms with Crippen molar-refractivity contribution in [3.63, 3.8) is 0 Å². The maximum atomic E-state index is 12.6. The minimum atomic E-state index is 0.0191. The van der Waals surface area contributed by atoms with Gasteiger partial charge in [-0.25, -0.2) is 4.68 Å². The second kappa shape index (κ2) is 5.32. The number of nitrogens with zero attached hydrogens (tertiary/aromatic N) is 4. The van der Waals surface area contributed by atoms with E-state index in [1.807, 2.05) is 18.2 Å². The van der Waals surface area contributed by atoms with Gasteiger partial charge in [0.15, 0.2) is 11.5 Å². The molecule has 0 N–H and O–H groups in total. The van der Waals surface area contributed by atoms with Gasteiger partial charge in [-0.3, -0.25) is 9.69 Å². The summed E-state index contributed by atoms with van der Waals surface area (Å²) < 4.78 is 12.8. The van der Waals surface area contributed by atoms with Crippen LogP contribution in [-0.4, -0.2) is 40.4 Å². The molecule has 0 radical (unpaired) electrons. The molecule has 0 bridgehead atoms. The predicted molar refractivity (Wildman–Crippen MR) is 78.1 cm³/mol. The zero-order chi connectivity index (χ0) is 14.9. The number of benzene rings is 1. The first-order valence-electron chi connectivity index (χ1n) is 7.38. The van der Waals surface area contributed by atoms with E-state index in [1.165, 1.54) is 6.33 Å². The number of ether oxygens (including phenoxy) is 2. The van der Waals surface area contributed by atoms with Gasteiger partial charge >= 0.3 is 0 Å². The van der Waals surface area contributed by atoms with Crippen molar-refractivity contribution in [2.45, 2.75) is 19.4 Å². The number of carbonyl (C=O) groups is 1. The minimum absolute atomic E-state index is 0.0191. The van der Waals surface area contributed by atoms with Crippen LogP contribution >= 0.6 is 0 Å². The lowest BCUT2D eigenvalue weighted by molar-refractivity contribution is -0.118. The molecule has 0 spiro atoms. The molecule has 0 fully saturated rings. The summed E-state index contributed by atoms with van der Waals surface area (Å²) in [5.74, 6) is 2.10. The summed E-state index contributed by atoms with van der Waals surface area (Å²) >= 11 is 0. The van der Waals surface area contributed by atoms with Crippen molar-refractivity contribution in [3.8, 4) is 11.5 Å². The average Bonchev–Trinajstić information content (AvgIpc) is 3.03. The molecule has 3 heterocycles. The Morgan fingerprint density at radius 3 is 2.95 bits per heavy atom. The first-order valence-corrected chi connectivity index (χ1v) is 7.38. The Labute approximate surface area is 127 Å². The molecule has 0 saturated carbocycles. The van der Waals surface area contributed by atoms with Crippen LogP contribution in [0.1, 0.15) is 12.0 Å². The highest BCUT2D eigenvalue weighted by molar-refractivity contribution is 5.93. The highest BCUT2D eigenvalue weighted by atomic mass is 16.6. The van der Waals surface area contributed by atoms with Gasteiger partial charge in [-0.1, -0.05) is 6.07 Å². The second-order valence-electron chi connectivity index (χ2n) is 5.34. The first-order chi connectivity index (χ1) is 10.8. The van der Waals surface area contributed by atoms with Crippen LogP contribution in [0.15, 0.2) is 24.5 Å². The summed E-state index contributed by atoms with van der Waals surface area (Å²) in [6.07, 6.45) is 2.69. The SMILES string of the molecule is O=C(Cc1ccc2c(c1)OCCO2)N1CCCn2ncnc21.